The Bertz CT molecular complexity index is 555. The molecule has 4 heteroatoms. The molecule has 0 radical (unpaired) electrons. The highest BCUT2D eigenvalue weighted by molar-refractivity contribution is 7.16. The van der Waals surface area contributed by atoms with Crippen LogP contribution in [-0.4, -0.2) is 19.7 Å². The summed E-state index contributed by atoms with van der Waals surface area (Å²) in [5.41, 5.74) is 1.25. The third-order valence-electron chi connectivity index (χ3n) is 3.42. The SMILES string of the molecule is CCCNC(Cc1ccc(Cl)s1)Cc1ccccc1OC. The summed E-state index contributed by atoms with van der Waals surface area (Å²) in [7, 11) is 1.73. The molecular weight excluding hydrogens is 302 g/mol. The van der Waals surface area contributed by atoms with Crippen LogP contribution in [0.2, 0.25) is 4.34 Å². The van der Waals surface area contributed by atoms with Gasteiger partial charge in [-0.3, -0.25) is 0 Å². The van der Waals surface area contributed by atoms with E-state index in [9.17, 15) is 0 Å². The highest BCUT2D eigenvalue weighted by Crippen LogP contribution is 2.25. The van der Waals surface area contributed by atoms with Gasteiger partial charge in [0.25, 0.3) is 0 Å². The summed E-state index contributed by atoms with van der Waals surface area (Å²) in [5, 5.41) is 3.63. The van der Waals surface area contributed by atoms with Crippen molar-refractivity contribution >= 4 is 22.9 Å². The Morgan fingerprint density at radius 3 is 2.67 bits per heavy atom. The zero-order valence-electron chi connectivity index (χ0n) is 12.6. The first kappa shape index (κ1) is 16.3. The van der Waals surface area contributed by atoms with Gasteiger partial charge in [0.1, 0.15) is 5.75 Å². The van der Waals surface area contributed by atoms with Crippen LogP contribution in [0.25, 0.3) is 0 Å². The summed E-state index contributed by atoms with van der Waals surface area (Å²) >= 11 is 7.70. The standard InChI is InChI=1S/C17H22ClNOS/c1-3-10-19-14(12-15-8-9-17(18)21-15)11-13-6-4-5-7-16(13)20-2/h4-9,14,19H,3,10-12H2,1-2H3. The van der Waals surface area contributed by atoms with Gasteiger partial charge >= 0.3 is 0 Å². The van der Waals surface area contributed by atoms with Gasteiger partial charge in [0.15, 0.2) is 0 Å². The average molecular weight is 324 g/mol. The number of para-hydroxylation sites is 1. The zero-order chi connectivity index (χ0) is 15.1. The van der Waals surface area contributed by atoms with E-state index in [0.717, 1.165) is 35.9 Å². The first-order valence-corrected chi connectivity index (χ1v) is 8.52. The fourth-order valence-electron chi connectivity index (χ4n) is 2.41. The number of nitrogens with one attached hydrogen (secondary N) is 1. The first-order valence-electron chi connectivity index (χ1n) is 7.32. The van der Waals surface area contributed by atoms with E-state index in [4.69, 9.17) is 16.3 Å². The lowest BCUT2D eigenvalue weighted by atomic mass is 10.0. The van der Waals surface area contributed by atoms with E-state index in [-0.39, 0.29) is 0 Å². The van der Waals surface area contributed by atoms with Gasteiger partial charge in [0.05, 0.1) is 11.4 Å². The van der Waals surface area contributed by atoms with Crippen LogP contribution in [0.3, 0.4) is 0 Å². The lowest BCUT2D eigenvalue weighted by molar-refractivity contribution is 0.404. The minimum Gasteiger partial charge on any atom is -0.496 e. The average Bonchev–Trinajstić information content (AvgIpc) is 2.90. The summed E-state index contributed by atoms with van der Waals surface area (Å²) in [6.45, 7) is 3.22. The molecule has 1 atom stereocenters. The van der Waals surface area contributed by atoms with Gasteiger partial charge in [-0.15, -0.1) is 11.3 Å². The number of ether oxygens (including phenoxy) is 1. The smallest absolute Gasteiger partial charge is 0.122 e. The maximum atomic E-state index is 6.03. The van der Waals surface area contributed by atoms with E-state index >= 15 is 0 Å². The van der Waals surface area contributed by atoms with Crippen LogP contribution in [0.15, 0.2) is 36.4 Å². The fraction of sp³-hybridized carbons (Fsp3) is 0.412. The molecule has 0 saturated heterocycles. The van der Waals surface area contributed by atoms with Gasteiger partial charge in [-0.25, -0.2) is 0 Å². The minimum atomic E-state index is 0.399. The van der Waals surface area contributed by atoms with Crippen molar-refractivity contribution in [3.8, 4) is 5.75 Å². The van der Waals surface area contributed by atoms with E-state index in [2.05, 4.69) is 30.4 Å². The molecule has 2 nitrogen and oxygen atoms in total. The monoisotopic (exact) mass is 323 g/mol. The molecule has 2 aromatic rings. The molecule has 1 heterocycles. The Hall–Kier alpha value is -1.03. The normalized spacial score (nSPS) is 12.3. The third-order valence-corrected chi connectivity index (χ3v) is 4.67. The zero-order valence-corrected chi connectivity index (χ0v) is 14.1. The van der Waals surface area contributed by atoms with Gasteiger partial charge in [0, 0.05) is 10.9 Å². The molecule has 0 aliphatic rings. The highest BCUT2D eigenvalue weighted by atomic mass is 35.5. The number of hydrogen-bond acceptors (Lipinski definition) is 3. The molecular formula is C17H22ClNOS. The van der Waals surface area contributed by atoms with Crippen molar-refractivity contribution in [2.75, 3.05) is 13.7 Å². The summed E-state index contributed by atoms with van der Waals surface area (Å²) in [5.74, 6) is 0.963. The molecule has 0 amide bonds. The third kappa shape index (κ3) is 5.03. The van der Waals surface area contributed by atoms with Gasteiger partial charge in [-0.05, 0) is 49.6 Å². The number of benzene rings is 1. The number of rotatable bonds is 8. The molecule has 0 aliphatic heterocycles. The van der Waals surface area contributed by atoms with Crippen molar-refractivity contribution in [2.45, 2.75) is 32.2 Å². The van der Waals surface area contributed by atoms with Crippen LogP contribution in [0.1, 0.15) is 23.8 Å². The Kier molecular flexibility index (Phi) is 6.55. The number of hydrogen-bond donors (Lipinski definition) is 1. The first-order chi connectivity index (χ1) is 10.2. The maximum absolute atomic E-state index is 6.03. The highest BCUT2D eigenvalue weighted by Gasteiger charge is 2.13. The molecule has 0 fully saturated rings. The predicted molar refractivity (Wildman–Crippen MR) is 91.8 cm³/mol. The van der Waals surface area contributed by atoms with Crippen LogP contribution < -0.4 is 10.1 Å². The molecule has 1 N–H and O–H groups in total. The van der Waals surface area contributed by atoms with Crippen molar-refractivity contribution in [1.29, 1.82) is 0 Å². The lowest BCUT2D eigenvalue weighted by Gasteiger charge is -2.19. The van der Waals surface area contributed by atoms with Crippen LogP contribution in [0.5, 0.6) is 5.75 Å². The van der Waals surface area contributed by atoms with Crippen molar-refractivity contribution < 1.29 is 4.74 Å². The van der Waals surface area contributed by atoms with E-state index in [1.165, 1.54) is 10.4 Å². The molecule has 0 saturated carbocycles. The molecule has 0 spiro atoms. The molecule has 1 aromatic heterocycles. The van der Waals surface area contributed by atoms with Gasteiger partial charge in [-0.1, -0.05) is 36.7 Å². The van der Waals surface area contributed by atoms with Crippen molar-refractivity contribution in [3.05, 3.63) is 51.2 Å². The topological polar surface area (TPSA) is 21.3 Å². The fourth-order valence-corrected chi connectivity index (χ4v) is 3.57. The molecule has 0 aliphatic carbocycles. The van der Waals surface area contributed by atoms with Crippen LogP contribution in [-0.2, 0) is 12.8 Å². The Labute approximate surface area is 136 Å². The maximum Gasteiger partial charge on any atom is 0.122 e. The quantitative estimate of drug-likeness (QED) is 0.768. The lowest BCUT2D eigenvalue weighted by Crippen LogP contribution is -2.33. The molecule has 1 aromatic carbocycles. The van der Waals surface area contributed by atoms with Crippen molar-refractivity contribution in [2.24, 2.45) is 0 Å². The summed E-state index contributed by atoms with van der Waals surface area (Å²) in [6.07, 6.45) is 3.09. The van der Waals surface area contributed by atoms with Gasteiger partial charge < -0.3 is 10.1 Å². The van der Waals surface area contributed by atoms with Crippen molar-refractivity contribution in [1.82, 2.24) is 5.32 Å². The van der Waals surface area contributed by atoms with Gasteiger partial charge in [-0.2, -0.15) is 0 Å². The Morgan fingerprint density at radius 2 is 2.00 bits per heavy atom. The second-order valence-corrected chi connectivity index (χ2v) is 6.88. The number of methoxy groups -OCH3 is 1. The van der Waals surface area contributed by atoms with E-state index < -0.39 is 0 Å². The molecule has 1 unspecified atom stereocenters. The molecule has 114 valence electrons. The van der Waals surface area contributed by atoms with Crippen LogP contribution >= 0.6 is 22.9 Å². The second-order valence-electron chi connectivity index (χ2n) is 5.08. The van der Waals surface area contributed by atoms with Crippen molar-refractivity contribution in [3.63, 3.8) is 0 Å². The van der Waals surface area contributed by atoms with E-state index in [1.807, 2.05) is 18.2 Å². The van der Waals surface area contributed by atoms with E-state index in [0.29, 0.717) is 6.04 Å². The minimum absolute atomic E-state index is 0.399. The summed E-state index contributed by atoms with van der Waals surface area (Å²) < 4.78 is 6.32. The van der Waals surface area contributed by atoms with Gasteiger partial charge in [0.2, 0.25) is 0 Å². The Balaban J connectivity index is 2.08. The molecule has 21 heavy (non-hydrogen) atoms. The van der Waals surface area contributed by atoms with E-state index in [1.54, 1.807) is 18.4 Å². The predicted octanol–water partition coefficient (Wildman–Crippen LogP) is 4.56. The summed E-state index contributed by atoms with van der Waals surface area (Å²) in [4.78, 5) is 1.32. The largest absolute Gasteiger partial charge is 0.496 e. The summed E-state index contributed by atoms with van der Waals surface area (Å²) in [6, 6.07) is 12.7. The number of thiophene rings is 1. The second kappa shape index (κ2) is 8.42. The number of halogens is 1. The Morgan fingerprint density at radius 1 is 1.19 bits per heavy atom. The molecule has 0 bridgehead atoms. The van der Waals surface area contributed by atoms with Crippen LogP contribution in [0, 0.1) is 0 Å². The van der Waals surface area contributed by atoms with Crippen LogP contribution in [0.4, 0.5) is 0 Å². The molecule has 2 rings (SSSR count).